The van der Waals surface area contributed by atoms with E-state index in [1.165, 1.54) is 7.11 Å². The third-order valence-corrected chi connectivity index (χ3v) is 2.16. The molecule has 2 N–H and O–H groups in total. The van der Waals surface area contributed by atoms with Crippen LogP contribution in [-0.4, -0.2) is 19.7 Å². The van der Waals surface area contributed by atoms with Gasteiger partial charge in [0.25, 0.3) is 0 Å². The summed E-state index contributed by atoms with van der Waals surface area (Å²) in [5, 5.41) is 0. The number of rotatable bonds is 5. The molecule has 4 nitrogen and oxygen atoms in total. The van der Waals surface area contributed by atoms with E-state index in [0.29, 0.717) is 23.6 Å². The van der Waals surface area contributed by atoms with Crippen molar-refractivity contribution in [3.63, 3.8) is 0 Å². The van der Waals surface area contributed by atoms with Crippen LogP contribution in [0.1, 0.15) is 30.1 Å². The molecule has 4 heteroatoms. The molecule has 0 aliphatic rings. The minimum absolute atomic E-state index is 0.374. The van der Waals surface area contributed by atoms with Gasteiger partial charge in [-0.25, -0.2) is 4.79 Å². The van der Waals surface area contributed by atoms with Gasteiger partial charge in [-0.1, -0.05) is 13.3 Å². The molecule has 0 radical (unpaired) electrons. The molecule has 0 bridgehead atoms. The van der Waals surface area contributed by atoms with Crippen molar-refractivity contribution in [3.05, 3.63) is 23.8 Å². The lowest BCUT2D eigenvalue weighted by Gasteiger charge is -2.10. The first-order valence-electron chi connectivity index (χ1n) is 5.29. The SMILES string of the molecule is CCCCOc1ccc(N)cc1C(=O)OC. The number of carbonyl (C=O) groups excluding carboxylic acids is 1. The normalized spacial score (nSPS) is 9.88. The highest BCUT2D eigenvalue weighted by molar-refractivity contribution is 5.93. The highest BCUT2D eigenvalue weighted by atomic mass is 16.5. The Morgan fingerprint density at radius 3 is 2.81 bits per heavy atom. The summed E-state index contributed by atoms with van der Waals surface area (Å²) in [6, 6.07) is 4.96. The molecule has 0 aromatic heterocycles. The smallest absolute Gasteiger partial charge is 0.341 e. The summed E-state index contributed by atoms with van der Waals surface area (Å²) >= 11 is 0. The Morgan fingerprint density at radius 2 is 2.19 bits per heavy atom. The van der Waals surface area contributed by atoms with Crippen molar-refractivity contribution in [3.8, 4) is 5.75 Å². The molecule has 0 saturated carbocycles. The van der Waals surface area contributed by atoms with E-state index in [4.69, 9.17) is 10.5 Å². The summed E-state index contributed by atoms with van der Waals surface area (Å²) in [5.74, 6) is 0.0910. The average Bonchev–Trinajstić information content (AvgIpc) is 2.30. The molecule has 0 spiro atoms. The summed E-state index contributed by atoms with van der Waals surface area (Å²) < 4.78 is 10.2. The number of hydrogen-bond donors (Lipinski definition) is 1. The monoisotopic (exact) mass is 223 g/mol. The van der Waals surface area contributed by atoms with Crippen molar-refractivity contribution in [2.24, 2.45) is 0 Å². The van der Waals surface area contributed by atoms with Gasteiger partial charge in [0.05, 0.1) is 13.7 Å². The zero-order valence-electron chi connectivity index (χ0n) is 9.66. The topological polar surface area (TPSA) is 61.5 Å². The zero-order chi connectivity index (χ0) is 12.0. The first-order chi connectivity index (χ1) is 7.69. The Hall–Kier alpha value is -1.71. The molecule has 0 fully saturated rings. The van der Waals surface area contributed by atoms with Crippen LogP contribution >= 0.6 is 0 Å². The molecule has 0 aliphatic heterocycles. The van der Waals surface area contributed by atoms with Gasteiger partial charge < -0.3 is 15.2 Å². The maximum atomic E-state index is 11.5. The Morgan fingerprint density at radius 1 is 1.44 bits per heavy atom. The van der Waals surface area contributed by atoms with E-state index in [1.807, 2.05) is 0 Å². The molecule has 0 heterocycles. The standard InChI is InChI=1S/C12H17NO3/c1-3-4-7-16-11-6-5-9(13)8-10(11)12(14)15-2/h5-6,8H,3-4,7,13H2,1-2H3. The first-order valence-corrected chi connectivity index (χ1v) is 5.29. The second-order valence-corrected chi connectivity index (χ2v) is 3.45. The molecule has 88 valence electrons. The third-order valence-electron chi connectivity index (χ3n) is 2.16. The molecular formula is C12H17NO3. The number of methoxy groups -OCH3 is 1. The number of nitrogens with two attached hydrogens (primary N) is 1. The highest BCUT2D eigenvalue weighted by Gasteiger charge is 2.13. The second kappa shape index (κ2) is 6.00. The van der Waals surface area contributed by atoms with Crippen LogP contribution < -0.4 is 10.5 Å². The van der Waals surface area contributed by atoms with Gasteiger partial charge in [0.1, 0.15) is 11.3 Å². The van der Waals surface area contributed by atoms with Crippen molar-refractivity contribution in [1.29, 1.82) is 0 Å². The lowest BCUT2D eigenvalue weighted by atomic mass is 10.2. The maximum absolute atomic E-state index is 11.5. The Labute approximate surface area is 95.3 Å². The van der Waals surface area contributed by atoms with Crippen LogP contribution in [0.15, 0.2) is 18.2 Å². The van der Waals surface area contributed by atoms with E-state index < -0.39 is 5.97 Å². The fourth-order valence-electron chi connectivity index (χ4n) is 1.27. The van der Waals surface area contributed by atoms with Gasteiger partial charge in [-0.15, -0.1) is 0 Å². The summed E-state index contributed by atoms with van der Waals surface area (Å²) in [4.78, 5) is 11.5. The summed E-state index contributed by atoms with van der Waals surface area (Å²) in [7, 11) is 1.33. The van der Waals surface area contributed by atoms with Gasteiger partial charge in [0, 0.05) is 5.69 Å². The van der Waals surface area contributed by atoms with Gasteiger partial charge in [0.2, 0.25) is 0 Å². The first kappa shape index (κ1) is 12.4. The summed E-state index contributed by atoms with van der Waals surface area (Å²) in [5.41, 5.74) is 6.50. The quantitative estimate of drug-likeness (QED) is 0.472. The minimum Gasteiger partial charge on any atom is -0.493 e. The average molecular weight is 223 g/mol. The van der Waals surface area contributed by atoms with E-state index in [9.17, 15) is 4.79 Å². The summed E-state index contributed by atoms with van der Waals surface area (Å²) in [6.07, 6.45) is 1.99. The van der Waals surface area contributed by atoms with Crippen LogP contribution in [0.5, 0.6) is 5.75 Å². The number of hydrogen-bond acceptors (Lipinski definition) is 4. The van der Waals surface area contributed by atoms with Crippen molar-refractivity contribution >= 4 is 11.7 Å². The van der Waals surface area contributed by atoms with Gasteiger partial charge >= 0.3 is 5.97 Å². The van der Waals surface area contributed by atoms with Crippen molar-refractivity contribution in [2.75, 3.05) is 19.5 Å². The van der Waals surface area contributed by atoms with Gasteiger partial charge in [-0.3, -0.25) is 0 Å². The molecule has 1 rings (SSSR count). The number of unbranched alkanes of at least 4 members (excludes halogenated alkanes) is 1. The molecule has 0 atom stereocenters. The van der Waals surface area contributed by atoms with Crippen LogP contribution in [0.2, 0.25) is 0 Å². The minimum atomic E-state index is -0.432. The zero-order valence-corrected chi connectivity index (χ0v) is 9.66. The van der Waals surface area contributed by atoms with E-state index in [1.54, 1.807) is 18.2 Å². The van der Waals surface area contributed by atoms with Crippen molar-refractivity contribution in [2.45, 2.75) is 19.8 Å². The number of esters is 1. The largest absolute Gasteiger partial charge is 0.493 e. The number of nitrogen functional groups attached to an aromatic ring is 1. The van der Waals surface area contributed by atoms with Crippen LogP contribution in [-0.2, 0) is 4.74 Å². The van der Waals surface area contributed by atoms with Crippen LogP contribution in [0.4, 0.5) is 5.69 Å². The van der Waals surface area contributed by atoms with Crippen molar-refractivity contribution < 1.29 is 14.3 Å². The molecule has 0 saturated heterocycles. The predicted molar refractivity (Wildman–Crippen MR) is 62.6 cm³/mol. The van der Waals surface area contributed by atoms with E-state index in [0.717, 1.165) is 12.8 Å². The van der Waals surface area contributed by atoms with E-state index in [-0.39, 0.29) is 0 Å². The van der Waals surface area contributed by atoms with Gasteiger partial charge in [-0.05, 0) is 24.6 Å². The Kier molecular flexibility index (Phi) is 4.64. The Balaban J connectivity index is 2.85. The molecule has 0 amide bonds. The molecule has 1 aromatic rings. The lowest BCUT2D eigenvalue weighted by Crippen LogP contribution is -2.07. The van der Waals surface area contributed by atoms with Crippen molar-refractivity contribution in [1.82, 2.24) is 0 Å². The predicted octanol–water partition coefficient (Wildman–Crippen LogP) is 2.23. The third kappa shape index (κ3) is 3.15. The lowest BCUT2D eigenvalue weighted by molar-refractivity contribution is 0.0596. The number of anilines is 1. The fraction of sp³-hybridized carbons (Fsp3) is 0.417. The van der Waals surface area contributed by atoms with Crippen LogP contribution in [0.25, 0.3) is 0 Å². The summed E-state index contributed by atoms with van der Waals surface area (Å²) in [6.45, 7) is 2.66. The molecular weight excluding hydrogens is 206 g/mol. The van der Waals surface area contributed by atoms with Gasteiger partial charge in [-0.2, -0.15) is 0 Å². The van der Waals surface area contributed by atoms with Crippen LogP contribution in [0.3, 0.4) is 0 Å². The Bertz CT molecular complexity index is 363. The molecule has 16 heavy (non-hydrogen) atoms. The number of carbonyl (C=O) groups is 1. The second-order valence-electron chi connectivity index (χ2n) is 3.45. The van der Waals surface area contributed by atoms with Gasteiger partial charge in [0.15, 0.2) is 0 Å². The fourth-order valence-corrected chi connectivity index (χ4v) is 1.27. The molecule has 0 aliphatic carbocycles. The molecule has 1 aromatic carbocycles. The van der Waals surface area contributed by atoms with E-state index in [2.05, 4.69) is 11.7 Å². The van der Waals surface area contributed by atoms with Crippen LogP contribution in [0, 0.1) is 0 Å². The maximum Gasteiger partial charge on any atom is 0.341 e. The number of benzene rings is 1. The number of ether oxygens (including phenoxy) is 2. The molecule has 0 unspecified atom stereocenters. The highest BCUT2D eigenvalue weighted by Crippen LogP contribution is 2.22. The van der Waals surface area contributed by atoms with E-state index >= 15 is 0 Å².